The molecular formula is C24H36N4O4S. The van der Waals surface area contributed by atoms with Gasteiger partial charge in [0.05, 0.1) is 10.8 Å². The smallest absolute Gasteiger partial charge is 0.243 e. The predicted molar refractivity (Wildman–Crippen MR) is 128 cm³/mol. The molecule has 8 nitrogen and oxygen atoms in total. The number of piperazine rings is 1. The highest BCUT2D eigenvalue weighted by molar-refractivity contribution is 7.89. The first-order chi connectivity index (χ1) is 15.8. The number of sulfonamides is 1. The second-order valence-electron chi connectivity index (χ2n) is 9.43. The van der Waals surface area contributed by atoms with Crippen molar-refractivity contribution in [2.24, 2.45) is 5.92 Å². The molecule has 3 heterocycles. The molecule has 3 aliphatic rings. The third-order valence-electron chi connectivity index (χ3n) is 7.14. The van der Waals surface area contributed by atoms with Crippen LogP contribution in [0.4, 0.5) is 5.69 Å². The molecule has 1 unspecified atom stereocenters. The van der Waals surface area contributed by atoms with Crippen LogP contribution in [-0.4, -0.2) is 86.7 Å². The summed E-state index contributed by atoms with van der Waals surface area (Å²) in [4.78, 5) is 31.4. The predicted octanol–water partition coefficient (Wildman–Crippen LogP) is 1.94. The Morgan fingerprint density at radius 3 is 2.48 bits per heavy atom. The topological polar surface area (TPSA) is 81.2 Å². The molecule has 0 spiro atoms. The van der Waals surface area contributed by atoms with Gasteiger partial charge in [-0.15, -0.1) is 0 Å². The molecule has 4 rings (SSSR count). The van der Waals surface area contributed by atoms with Crippen LogP contribution in [0.2, 0.25) is 0 Å². The van der Waals surface area contributed by atoms with E-state index in [2.05, 4.69) is 11.8 Å². The third-order valence-corrected chi connectivity index (χ3v) is 9.01. The summed E-state index contributed by atoms with van der Waals surface area (Å²) in [6, 6.07) is 5.08. The summed E-state index contributed by atoms with van der Waals surface area (Å²) in [5.41, 5.74) is 1.70. The molecule has 3 aliphatic heterocycles. The van der Waals surface area contributed by atoms with Crippen LogP contribution < -0.4 is 4.90 Å². The van der Waals surface area contributed by atoms with Gasteiger partial charge in [0.15, 0.2) is 0 Å². The van der Waals surface area contributed by atoms with E-state index in [0.29, 0.717) is 19.5 Å². The number of carbonyl (C=O) groups is 2. The van der Waals surface area contributed by atoms with Crippen molar-refractivity contribution in [1.82, 2.24) is 14.1 Å². The lowest BCUT2D eigenvalue weighted by Crippen LogP contribution is -2.53. The van der Waals surface area contributed by atoms with Gasteiger partial charge >= 0.3 is 0 Å². The van der Waals surface area contributed by atoms with Crippen molar-refractivity contribution in [1.29, 1.82) is 0 Å². The van der Waals surface area contributed by atoms with Gasteiger partial charge in [0, 0.05) is 58.4 Å². The standard InChI is InChI=1S/C24H36N4O4S/c1-3-10-25-13-15-26(16-14-25)24(30)21-7-4-11-27(18-21)33(31,32)22-8-9-23-20(17-22)6-5-12-28(23)19(2)29/h8-9,17,21H,3-7,10-16,18H2,1-2H3. The second kappa shape index (κ2) is 10.1. The van der Waals surface area contributed by atoms with Crippen LogP contribution in [-0.2, 0) is 26.0 Å². The highest BCUT2D eigenvalue weighted by Crippen LogP contribution is 2.32. The fraction of sp³-hybridized carbons (Fsp3) is 0.667. The number of aryl methyl sites for hydroxylation is 1. The summed E-state index contributed by atoms with van der Waals surface area (Å²) in [5, 5.41) is 0. The normalized spacial score (nSPS) is 22.8. The summed E-state index contributed by atoms with van der Waals surface area (Å²) in [7, 11) is -3.70. The van der Waals surface area contributed by atoms with Gasteiger partial charge in [-0.3, -0.25) is 14.5 Å². The first-order valence-electron chi connectivity index (χ1n) is 12.2. The van der Waals surface area contributed by atoms with Gasteiger partial charge in [0.25, 0.3) is 0 Å². The van der Waals surface area contributed by atoms with Crippen molar-refractivity contribution >= 4 is 27.5 Å². The Balaban J connectivity index is 1.45. The maximum absolute atomic E-state index is 13.5. The van der Waals surface area contributed by atoms with Gasteiger partial charge in [-0.1, -0.05) is 6.92 Å². The Hall–Kier alpha value is -1.97. The van der Waals surface area contributed by atoms with Crippen molar-refractivity contribution < 1.29 is 18.0 Å². The van der Waals surface area contributed by atoms with Crippen LogP contribution >= 0.6 is 0 Å². The number of piperidine rings is 1. The minimum absolute atomic E-state index is 0.0283. The SMILES string of the molecule is CCCN1CCN(C(=O)C2CCCN(S(=O)(=O)c3ccc4c(c3)CCCN4C(C)=O)C2)CC1. The summed E-state index contributed by atoms with van der Waals surface area (Å²) in [6.45, 7) is 9.32. The van der Waals surface area contributed by atoms with Crippen LogP contribution in [0.3, 0.4) is 0 Å². The van der Waals surface area contributed by atoms with E-state index < -0.39 is 10.0 Å². The maximum atomic E-state index is 13.5. The lowest BCUT2D eigenvalue weighted by molar-refractivity contribution is -0.138. The minimum Gasteiger partial charge on any atom is -0.340 e. The van der Waals surface area contributed by atoms with Crippen molar-refractivity contribution in [2.45, 2.75) is 50.8 Å². The molecule has 0 aromatic heterocycles. The molecule has 1 aromatic carbocycles. The molecule has 0 N–H and O–H groups in total. The van der Waals surface area contributed by atoms with E-state index in [1.807, 2.05) is 4.90 Å². The van der Waals surface area contributed by atoms with Gasteiger partial charge < -0.3 is 9.80 Å². The summed E-state index contributed by atoms with van der Waals surface area (Å²) < 4.78 is 28.4. The number of carbonyl (C=O) groups excluding carboxylic acids is 2. The molecule has 2 amide bonds. The van der Waals surface area contributed by atoms with Crippen molar-refractivity contribution in [3.8, 4) is 0 Å². The first-order valence-corrected chi connectivity index (χ1v) is 13.7. The molecule has 1 aromatic rings. The number of fused-ring (bicyclic) bond motifs is 1. The Morgan fingerprint density at radius 2 is 1.79 bits per heavy atom. The molecule has 1 atom stereocenters. The summed E-state index contributed by atoms with van der Waals surface area (Å²) in [6.07, 6.45) is 4.11. The van der Waals surface area contributed by atoms with Crippen molar-refractivity contribution in [3.05, 3.63) is 23.8 Å². The molecule has 33 heavy (non-hydrogen) atoms. The van der Waals surface area contributed by atoms with Gasteiger partial charge in [0.1, 0.15) is 0 Å². The number of hydrogen-bond acceptors (Lipinski definition) is 5. The third kappa shape index (κ3) is 5.10. The minimum atomic E-state index is -3.70. The van der Waals surface area contributed by atoms with Gasteiger partial charge in [-0.05, 0) is 62.4 Å². The van der Waals surface area contributed by atoms with Crippen LogP contribution in [0.1, 0.15) is 45.1 Å². The molecule has 9 heteroatoms. The van der Waals surface area contributed by atoms with E-state index >= 15 is 0 Å². The average molecular weight is 477 g/mol. The van der Waals surface area contributed by atoms with Crippen LogP contribution in [0.25, 0.3) is 0 Å². The van der Waals surface area contributed by atoms with E-state index in [1.54, 1.807) is 23.1 Å². The number of anilines is 1. The highest BCUT2D eigenvalue weighted by Gasteiger charge is 2.36. The van der Waals surface area contributed by atoms with Crippen LogP contribution in [0.5, 0.6) is 0 Å². The quantitative estimate of drug-likeness (QED) is 0.649. The Labute approximate surface area is 197 Å². The second-order valence-corrected chi connectivity index (χ2v) is 11.4. The van der Waals surface area contributed by atoms with E-state index in [1.165, 1.54) is 11.2 Å². The largest absolute Gasteiger partial charge is 0.340 e. The number of nitrogens with zero attached hydrogens (tertiary/aromatic N) is 4. The number of amides is 2. The first kappa shape index (κ1) is 24.2. The fourth-order valence-electron chi connectivity index (χ4n) is 5.34. The molecule has 0 radical (unpaired) electrons. The number of rotatable bonds is 5. The summed E-state index contributed by atoms with van der Waals surface area (Å²) in [5.74, 6) is -0.217. The Bertz CT molecular complexity index is 988. The highest BCUT2D eigenvalue weighted by atomic mass is 32.2. The molecule has 0 saturated carbocycles. The van der Waals surface area contributed by atoms with E-state index in [9.17, 15) is 18.0 Å². The van der Waals surface area contributed by atoms with Gasteiger partial charge in [0.2, 0.25) is 21.8 Å². The fourth-order valence-corrected chi connectivity index (χ4v) is 6.91. The van der Waals surface area contributed by atoms with Gasteiger partial charge in [-0.2, -0.15) is 4.31 Å². The Kier molecular flexibility index (Phi) is 7.40. The van der Waals surface area contributed by atoms with E-state index in [4.69, 9.17) is 0 Å². The molecule has 0 bridgehead atoms. The summed E-state index contributed by atoms with van der Waals surface area (Å²) >= 11 is 0. The van der Waals surface area contributed by atoms with Crippen LogP contribution in [0.15, 0.2) is 23.1 Å². The molecule has 2 saturated heterocycles. The van der Waals surface area contributed by atoms with E-state index in [0.717, 1.165) is 69.7 Å². The van der Waals surface area contributed by atoms with E-state index in [-0.39, 0.29) is 29.2 Å². The van der Waals surface area contributed by atoms with Crippen molar-refractivity contribution in [2.75, 3.05) is 57.3 Å². The number of benzene rings is 1. The molecule has 0 aliphatic carbocycles. The average Bonchev–Trinajstić information content (AvgIpc) is 2.83. The lowest BCUT2D eigenvalue weighted by Gasteiger charge is -2.38. The molecular weight excluding hydrogens is 440 g/mol. The maximum Gasteiger partial charge on any atom is 0.243 e. The number of hydrogen-bond donors (Lipinski definition) is 0. The zero-order valence-corrected chi connectivity index (χ0v) is 20.6. The monoisotopic (exact) mass is 476 g/mol. The lowest BCUT2D eigenvalue weighted by atomic mass is 9.97. The van der Waals surface area contributed by atoms with Gasteiger partial charge in [-0.25, -0.2) is 8.42 Å². The zero-order valence-electron chi connectivity index (χ0n) is 19.8. The van der Waals surface area contributed by atoms with Crippen LogP contribution in [0, 0.1) is 5.92 Å². The zero-order chi connectivity index (χ0) is 23.6. The van der Waals surface area contributed by atoms with Crippen molar-refractivity contribution in [3.63, 3.8) is 0 Å². The molecule has 182 valence electrons. The Morgan fingerprint density at radius 1 is 1.03 bits per heavy atom. The molecule has 2 fully saturated rings.